The first kappa shape index (κ1) is 18.1. The first-order valence-electron chi connectivity index (χ1n) is 10.0. The van der Waals surface area contributed by atoms with Crippen LogP contribution in [-0.2, 0) is 4.79 Å². The molecule has 0 N–H and O–H groups in total. The van der Waals surface area contributed by atoms with Gasteiger partial charge >= 0.3 is 0 Å². The van der Waals surface area contributed by atoms with Crippen LogP contribution in [-0.4, -0.2) is 50.1 Å². The van der Waals surface area contributed by atoms with Crippen LogP contribution >= 0.6 is 0 Å². The van der Waals surface area contributed by atoms with E-state index in [2.05, 4.69) is 47.9 Å². The van der Waals surface area contributed by atoms with Crippen LogP contribution in [0.1, 0.15) is 46.0 Å². The molecular weight excluding hydrogens is 310 g/mol. The van der Waals surface area contributed by atoms with Crippen molar-refractivity contribution in [1.29, 1.82) is 0 Å². The van der Waals surface area contributed by atoms with Gasteiger partial charge in [-0.1, -0.05) is 20.3 Å². The first-order chi connectivity index (χ1) is 12.2. The van der Waals surface area contributed by atoms with Crippen molar-refractivity contribution in [2.45, 2.75) is 46.0 Å². The molecule has 0 saturated carbocycles. The lowest BCUT2D eigenvalue weighted by atomic mass is 9.99. The number of carbonyl (C=O) groups excluding carboxylic acids is 1. The maximum atomic E-state index is 12.1. The van der Waals surface area contributed by atoms with Gasteiger partial charge in [0.05, 0.1) is 0 Å². The maximum absolute atomic E-state index is 12.1. The summed E-state index contributed by atoms with van der Waals surface area (Å²) in [5, 5.41) is 0. The predicted molar refractivity (Wildman–Crippen MR) is 105 cm³/mol. The van der Waals surface area contributed by atoms with Gasteiger partial charge in [-0.25, -0.2) is 0 Å². The normalized spacial score (nSPS) is 19.4. The van der Waals surface area contributed by atoms with E-state index in [0.29, 0.717) is 12.3 Å². The Morgan fingerprint density at radius 2 is 1.44 bits per heavy atom. The molecule has 2 aliphatic heterocycles. The number of benzene rings is 1. The lowest BCUT2D eigenvalue weighted by Crippen LogP contribution is -2.48. The smallest absolute Gasteiger partial charge is 0.222 e. The summed E-state index contributed by atoms with van der Waals surface area (Å²) in [6, 6.07) is 9.04. The SMILES string of the molecule is CCCCC(=O)N1CCN(c2ccc(N3CCC(C)CC3)cc2)CC1. The molecule has 2 fully saturated rings. The van der Waals surface area contributed by atoms with Crippen LogP contribution in [0.5, 0.6) is 0 Å². The Morgan fingerprint density at radius 1 is 0.920 bits per heavy atom. The lowest BCUT2D eigenvalue weighted by molar-refractivity contribution is -0.131. The molecule has 1 aromatic carbocycles. The largest absolute Gasteiger partial charge is 0.372 e. The van der Waals surface area contributed by atoms with Gasteiger partial charge in [0.25, 0.3) is 0 Å². The molecule has 4 nitrogen and oxygen atoms in total. The molecule has 2 saturated heterocycles. The average Bonchev–Trinajstić information content (AvgIpc) is 2.67. The third kappa shape index (κ3) is 4.68. The molecule has 0 bridgehead atoms. The molecule has 0 unspecified atom stereocenters. The van der Waals surface area contributed by atoms with Gasteiger partial charge in [0, 0.05) is 57.1 Å². The minimum atomic E-state index is 0.330. The van der Waals surface area contributed by atoms with Crippen LogP contribution in [0.15, 0.2) is 24.3 Å². The fraction of sp³-hybridized carbons (Fsp3) is 0.667. The summed E-state index contributed by atoms with van der Waals surface area (Å²) < 4.78 is 0. The molecule has 138 valence electrons. The second-order valence-electron chi connectivity index (χ2n) is 7.66. The van der Waals surface area contributed by atoms with Gasteiger partial charge in [-0.3, -0.25) is 4.79 Å². The summed E-state index contributed by atoms with van der Waals surface area (Å²) in [5.41, 5.74) is 2.64. The van der Waals surface area contributed by atoms with Gasteiger partial charge < -0.3 is 14.7 Å². The van der Waals surface area contributed by atoms with Crippen molar-refractivity contribution in [1.82, 2.24) is 4.90 Å². The highest BCUT2D eigenvalue weighted by molar-refractivity contribution is 5.76. The number of anilines is 2. The van der Waals surface area contributed by atoms with Crippen molar-refractivity contribution < 1.29 is 4.79 Å². The van der Waals surface area contributed by atoms with Crippen LogP contribution in [0.2, 0.25) is 0 Å². The van der Waals surface area contributed by atoms with Gasteiger partial charge in [0.1, 0.15) is 0 Å². The standard InChI is InChI=1S/C21H33N3O/c1-3-4-5-21(25)24-16-14-23(15-17-24)20-8-6-19(7-9-20)22-12-10-18(2)11-13-22/h6-9,18H,3-5,10-17H2,1-2H3. The van der Waals surface area contributed by atoms with Crippen molar-refractivity contribution in [2.75, 3.05) is 49.1 Å². The Morgan fingerprint density at radius 3 is 1.96 bits per heavy atom. The molecule has 25 heavy (non-hydrogen) atoms. The molecule has 0 radical (unpaired) electrons. The molecule has 4 heteroatoms. The van der Waals surface area contributed by atoms with Crippen LogP contribution in [0.25, 0.3) is 0 Å². The Kier molecular flexibility index (Phi) is 6.22. The van der Waals surface area contributed by atoms with E-state index >= 15 is 0 Å². The zero-order chi connectivity index (χ0) is 17.6. The third-order valence-electron chi connectivity index (χ3n) is 5.74. The highest BCUT2D eigenvalue weighted by Gasteiger charge is 2.21. The minimum absolute atomic E-state index is 0.330. The molecule has 0 atom stereocenters. The second kappa shape index (κ2) is 8.59. The predicted octanol–water partition coefficient (Wildman–Crippen LogP) is 3.76. The molecule has 0 aliphatic carbocycles. The van der Waals surface area contributed by atoms with E-state index in [1.54, 1.807) is 0 Å². The topological polar surface area (TPSA) is 26.8 Å². The highest BCUT2D eigenvalue weighted by Crippen LogP contribution is 2.26. The van der Waals surface area contributed by atoms with E-state index in [1.807, 2.05) is 4.90 Å². The number of hydrogen-bond acceptors (Lipinski definition) is 3. The van der Waals surface area contributed by atoms with Crippen LogP contribution in [0.3, 0.4) is 0 Å². The Hall–Kier alpha value is -1.71. The number of unbranched alkanes of at least 4 members (excludes halogenated alkanes) is 1. The number of nitrogens with zero attached hydrogens (tertiary/aromatic N) is 3. The summed E-state index contributed by atoms with van der Waals surface area (Å²) in [5.74, 6) is 1.20. The highest BCUT2D eigenvalue weighted by atomic mass is 16.2. The molecule has 3 rings (SSSR count). The monoisotopic (exact) mass is 343 g/mol. The number of piperazine rings is 1. The first-order valence-corrected chi connectivity index (χ1v) is 10.0. The Bertz CT molecular complexity index is 541. The average molecular weight is 344 g/mol. The molecule has 1 aromatic rings. The van der Waals surface area contributed by atoms with E-state index in [0.717, 1.165) is 44.9 Å². The summed E-state index contributed by atoms with van der Waals surface area (Å²) >= 11 is 0. The van der Waals surface area contributed by atoms with Gasteiger partial charge in [0.2, 0.25) is 5.91 Å². The fourth-order valence-corrected chi connectivity index (χ4v) is 3.84. The van der Waals surface area contributed by atoms with E-state index in [-0.39, 0.29) is 0 Å². The van der Waals surface area contributed by atoms with Crippen LogP contribution in [0, 0.1) is 5.92 Å². The van der Waals surface area contributed by atoms with E-state index in [9.17, 15) is 4.79 Å². The number of amides is 1. The number of carbonyl (C=O) groups is 1. The number of piperidine rings is 1. The van der Waals surface area contributed by atoms with Crippen molar-refractivity contribution >= 4 is 17.3 Å². The number of rotatable bonds is 5. The molecule has 0 aromatic heterocycles. The molecular formula is C21H33N3O. The summed E-state index contributed by atoms with van der Waals surface area (Å²) in [7, 11) is 0. The number of hydrogen-bond donors (Lipinski definition) is 0. The van der Waals surface area contributed by atoms with E-state index in [4.69, 9.17) is 0 Å². The zero-order valence-corrected chi connectivity index (χ0v) is 15.9. The molecule has 0 spiro atoms. The zero-order valence-electron chi connectivity index (χ0n) is 15.9. The minimum Gasteiger partial charge on any atom is -0.372 e. The van der Waals surface area contributed by atoms with Gasteiger partial charge in [-0.2, -0.15) is 0 Å². The van der Waals surface area contributed by atoms with Crippen molar-refractivity contribution in [2.24, 2.45) is 5.92 Å². The summed E-state index contributed by atoms with van der Waals surface area (Å²) in [4.78, 5) is 19.1. The van der Waals surface area contributed by atoms with Crippen molar-refractivity contribution in [3.05, 3.63) is 24.3 Å². The van der Waals surface area contributed by atoms with Gasteiger partial charge in [0.15, 0.2) is 0 Å². The molecule has 1 amide bonds. The maximum Gasteiger partial charge on any atom is 0.222 e. The van der Waals surface area contributed by atoms with Gasteiger partial charge in [-0.05, 0) is 49.4 Å². The second-order valence-corrected chi connectivity index (χ2v) is 7.66. The molecule has 2 heterocycles. The van der Waals surface area contributed by atoms with Crippen LogP contribution < -0.4 is 9.80 Å². The summed E-state index contributed by atoms with van der Waals surface area (Å²) in [6.07, 6.45) is 5.41. The lowest BCUT2D eigenvalue weighted by Gasteiger charge is -2.37. The quantitative estimate of drug-likeness (QED) is 0.814. The van der Waals surface area contributed by atoms with Gasteiger partial charge in [-0.15, -0.1) is 0 Å². The third-order valence-corrected chi connectivity index (χ3v) is 5.74. The fourth-order valence-electron chi connectivity index (χ4n) is 3.84. The van der Waals surface area contributed by atoms with E-state index < -0.39 is 0 Å². The Labute approximate surface area is 152 Å². The summed E-state index contributed by atoms with van der Waals surface area (Å²) in [6.45, 7) is 10.4. The molecule has 2 aliphatic rings. The van der Waals surface area contributed by atoms with E-state index in [1.165, 1.54) is 37.3 Å². The van der Waals surface area contributed by atoms with Crippen molar-refractivity contribution in [3.8, 4) is 0 Å². The van der Waals surface area contributed by atoms with Crippen LogP contribution in [0.4, 0.5) is 11.4 Å². The Balaban J connectivity index is 1.51. The van der Waals surface area contributed by atoms with Crippen molar-refractivity contribution in [3.63, 3.8) is 0 Å².